The molecular weight excluding hydrogens is 342 g/mol. The van der Waals surface area contributed by atoms with Gasteiger partial charge < -0.3 is 14.0 Å². The molecule has 1 aliphatic carbocycles. The molecule has 1 aromatic rings. The van der Waals surface area contributed by atoms with Crippen molar-refractivity contribution in [2.75, 3.05) is 0 Å². The van der Waals surface area contributed by atoms with Crippen LogP contribution in [0.15, 0.2) is 6.07 Å². The second-order valence-corrected chi connectivity index (χ2v) is 9.01. The van der Waals surface area contributed by atoms with Gasteiger partial charge in [0.25, 0.3) is 0 Å². The average molecular weight is 371 g/mol. The summed E-state index contributed by atoms with van der Waals surface area (Å²) in [6.07, 6.45) is 5.14. The molecule has 27 heavy (non-hydrogen) atoms. The van der Waals surface area contributed by atoms with E-state index in [1.165, 1.54) is 17.7 Å². The Labute approximate surface area is 160 Å². The molecule has 0 saturated carbocycles. The Morgan fingerprint density at radius 3 is 2.67 bits per heavy atom. The van der Waals surface area contributed by atoms with Crippen molar-refractivity contribution in [1.82, 2.24) is 4.57 Å². The minimum atomic E-state index is -0.149. The second kappa shape index (κ2) is 6.11. The van der Waals surface area contributed by atoms with E-state index < -0.39 is 0 Å². The average Bonchev–Trinajstić information content (AvgIpc) is 3.20. The van der Waals surface area contributed by atoms with Crippen molar-refractivity contribution in [2.45, 2.75) is 83.5 Å². The Hall–Kier alpha value is -1.78. The summed E-state index contributed by atoms with van der Waals surface area (Å²) >= 11 is 0. The Balaban J connectivity index is 1.67. The number of fused-ring (bicyclic) bond motifs is 2. The zero-order valence-corrected chi connectivity index (χ0v) is 16.4. The van der Waals surface area contributed by atoms with Crippen LogP contribution in [0.2, 0.25) is 0 Å². The number of nitrogens with zero attached hydrogens (tertiary/aromatic N) is 1. The van der Waals surface area contributed by atoms with E-state index in [0.29, 0.717) is 11.8 Å². The van der Waals surface area contributed by atoms with E-state index in [9.17, 15) is 9.59 Å². The summed E-state index contributed by atoms with van der Waals surface area (Å²) < 4.78 is 14.1. The van der Waals surface area contributed by atoms with E-state index in [1.54, 1.807) is 0 Å². The highest BCUT2D eigenvalue weighted by Crippen LogP contribution is 2.55. The van der Waals surface area contributed by atoms with Crippen molar-refractivity contribution in [3.63, 3.8) is 0 Å². The summed E-state index contributed by atoms with van der Waals surface area (Å²) in [5.41, 5.74) is 3.85. The normalized spacial score (nSPS) is 40.2. The fourth-order valence-corrected chi connectivity index (χ4v) is 6.19. The van der Waals surface area contributed by atoms with Gasteiger partial charge in [0.1, 0.15) is 12.2 Å². The van der Waals surface area contributed by atoms with Crippen LogP contribution < -0.4 is 0 Å². The lowest BCUT2D eigenvalue weighted by Gasteiger charge is -2.39. The fraction of sp³-hybridized carbons (Fsp3) is 0.727. The first kappa shape index (κ1) is 17.3. The van der Waals surface area contributed by atoms with E-state index in [-0.39, 0.29) is 41.9 Å². The van der Waals surface area contributed by atoms with Crippen LogP contribution in [-0.4, -0.2) is 22.6 Å². The van der Waals surface area contributed by atoms with E-state index in [0.717, 1.165) is 37.9 Å². The summed E-state index contributed by atoms with van der Waals surface area (Å²) in [6, 6.07) is 2.26. The standard InChI is InChI=1S/C22H29NO4/c1-4-13-14-7-5-6-8-23-16(17-9-11(2)21(24)26-17)10-15(19(14)23)18-12(3)22(25)27-20(13)18/h10-14,17-18,20H,4-9H2,1-3H3/t11-,12+,13+,14-,17-,18+,20-/m0/s1. The van der Waals surface area contributed by atoms with E-state index in [4.69, 9.17) is 9.47 Å². The zero-order chi connectivity index (χ0) is 18.9. The maximum Gasteiger partial charge on any atom is 0.309 e. The Kier molecular flexibility index (Phi) is 3.92. The van der Waals surface area contributed by atoms with Gasteiger partial charge in [0.2, 0.25) is 0 Å². The lowest BCUT2D eigenvalue weighted by Crippen LogP contribution is -2.36. The molecule has 5 heteroatoms. The number of carbonyl (C=O) groups excluding carboxylic acids is 2. The molecule has 0 radical (unpaired) electrons. The molecule has 0 unspecified atom stereocenters. The first-order chi connectivity index (χ1) is 13.0. The summed E-state index contributed by atoms with van der Waals surface area (Å²) in [6.45, 7) is 7.17. The third kappa shape index (κ3) is 2.36. The van der Waals surface area contributed by atoms with Crippen LogP contribution in [0.25, 0.3) is 0 Å². The van der Waals surface area contributed by atoms with Crippen LogP contribution in [0.4, 0.5) is 0 Å². The van der Waals surface area contributed by atoms with Gasteiger partial charge in [-0.25, -0.2) is 0 Å². The van der Waals surface area contributed by atoms with Crippen molar-refractivity contribution in [3.05, 3.63) is 23.0 Å². The number of rotatable bonds is 2. The first-order valence-electron chi connectivity index (χ1n) is 10.7. The van der Waals surface area contributed by atoms with Gasteiger partial charge in [0.05, 0.1) is 17.5 Å². The molecular formula is C22H29NO4. The lowest BCUT2D eigenvalue weighted by atomic mass is 9.66. The van der Waals surface area contributed by atoms with Gasteiger partial charge in [-0.3, -0.25) is 9.59 Å². The van der Waals surface area contributed by atoms with Gasteiger partial charge in [0, 0.05) is 36.4 Å². The highest BCUT2D eigenvalue weighted by Gasteiger charge is 2.54. The lowest BCUT2D eigenvalue weighted by molar-refractivity contribution is -0.146. The molecule has 3 aliphatic heterocycles. The third-order valence-electron chi connectivity index (χ3n) is 7.54. The predicted octanol–water partition coefficient (Wildman–Crippen LogP) is 4.06. The van der Waals surface area contributed by atoms with Crippen molar-refractivity contribution >= 4 is 11.9 Å². The van der Waals surface area contributed by atoms with Crippen LogP contribution in [0.5, 0.6) is 0 Å². The highest BCUT2D eigenvalue weighted by atomic mass is 16.6. The molecule has 0 amide bonds. The van der Waals surface area contributed by atoms with Gasteiger partial charge in [-0.1, -0.05) is 27.2 Å². The molecule has 0 N–H and O–H groups in total. The van der Waals surface area contributed by atoms with E-state index >= 15 is 0 Å². The summed E-state index contributed by atoms with van der Waals surface area (Å²) in [7, 11) is 0. The molecule has 0 bridgehead atoms. The molecule has 2 saturated heterocycles. The highest BCUT2D eigenvalue weighted by molar-refractivity contribution is 5.77. The number of carbonyl (C=O) groups is 2. The number of hydrogen-bond donors (Lipinski definition) is 0. The van der Waals surface area contributed by atoms with Crippen molar-refractivity contribution in [1.29, 1.82) is 0 Å². The van der Waals surface area contributed by atoms with Crippen molar-refractivity contribution in [2.24, 2.45) is 17.8 Å². The minimum Gasteiger partial charge on any atom is -0.461 e. The number of hydrogen-bond acceptors (Lipinski definition) is 4. The Morgan fingerprint density at radius 1 is 1.15 bits per heavy atom. The molecule has 4 heterocycles. The Morgan fingerprint density at radius 2 is 1.96 bits per heavy atom. The molecule has 0 spiro atoms. The smallest absolute Gasteiger partial charge is 0.309 e. The van der Waals surface area contributed by atoms with Gasteiger partial charge in [-0.05, 0) is 30.9 Å². The SMILES string of the molecule is CC[C@H]1[C@@H]2OC(=O)[C@H](C)[C@@H]2c2cc([C@@H]3C[C@H](C)C(=O)O3)n3c2[C@H]1CCCC3. The van der Waals surface area contributed by atoms with Crippen LogP contribution in [0, 0.1) is 17.8 Å². The largest absolute Gasteiger partial charge is 0.461 e. The topological polar surface area (TPSA) is 57.5 Å². The number of esters is 2. The van der Waals surface area contributed by atoms with Gasteiger partial charge >= 0.3 is 11.9 Å². The van der Waals surface area contributed by atoms with Crippen LogP contribution >= 0.6 is 0 Å². The van der Waals surface area contributed by atoms with Crippen molar-refractivity contribution < 1.29 is 19.1 Å². The first-order valence-corrected chi connectivity index (χ1v) is 10.7. The number of ether oxygens (including phenoxy) is 2. The monoisotopic (exact) mass is 371 g/mol. The molecule has 5 rings (SSSR count). The van der Waals surface area contributed by atoms with Crippen LogP contribution in [-0.2, 0) is 25.6 Å². The van der Waals surface area contributed by atoms with Gasteiger partial charge in [0.15, 0.2) is 0 Å². The molecule has 2 fully saturated rings. The molecule has 5 nitrogen and oxygen atoms in total. The number of aromatic nitrogens is 1. The number of cyclic esters (lactones) is 1. The second-order valence-electron chi connectivity index (χ2n) is 9.01. The maximum absolute atomic E-state index is 12.4. The molecule has 146 valence electrons. The van der Waals surface area contributed by atoms with Crippen LogP contribution in [0.3, 0.4) is 0 Å². The quantitative estimate of drug-likeness (QED) is 0.736. The molecule has 4 aliphatic rings. The summed E-state index contributed by atoms with van der Waals surface area (Å²) in [4.78, 5) is 24.5. The van der Waals surface area contributed by atoms with E-state index in [2.05, 4.69) is 17.6 Å². The molecule has 1 aromatic heterocycles. The van der Waals surface area contributed by atoms with Gasteiger partial charge in [-0.15, -0.1) is 0 Å². The zero-order valence-electron chi connectivity index (χ0n) is 16.4. The van der Waals surface area contributed by atoms with Crippen molar-refractivity contribution in [3.8, 4) is 0 Å². The third-order valence-corrected chi connectivity index (χ3v) is 7.54. The molecule has 7 atom stereocenters. The van der Waals surface area contributed by atoms with Crippen LogP contribution in [0.1, 0.15) is 87.8 Å². The maximum atomic E-state index is 12.4. The predicted molar refractivity (Wildman–Crippen MR) is 99.2 cm³/mol. The van der Waals surface area contributed by atoms with Gasteiger partial charge in [-0.2, -0.15) is 0 Å². The summed E-state index contributed by atoms with van der Waals surface area (Å²) in [5, 5.41) is 0. The fourth-order valence-electron chi connectivity index (χ4n) is 6.19. The minimum absolute atomic E-state index is 0.00171. The van der Waals surface area contributed by atoms with E-state index in [1.807, 2.05) is 13.8 Å². The summed E-state index contributed by atoms with van der Waals surface area (Å²) in [5.74, 6) is 0.690. The molecule has 0 aromatic carbocycles. The Bertz CT molecular complexity index is 796.